The number of hydrogen-bond donors (Lipinski definition) is 3. The fourth-order valence-corrected chi connectivity index (χ4v) is 5.29. The highest BCUT2D eigenvalue weighted by molar-refractivity contribution is 7.17. The second-order valence-electron chi connectivity index (χ2n) is 9.85. The number of pyridine rings is 1. The Labute approximate surface area is 209 Å². The number of likely N-dealkylation sites (tertiary alicyclic amines) is 1. The molecule has 0 radical (unpaired) electrons. The van der Waals surface area contributed by atoms with Crippen LogP contribution < -0.4 is 10.6 Å². The molecule has 5 rings (SSSR count). The summed E-state index contributed by atoms with van der Waals surface area (Å²) in [5.74, 6) is 1.80. The third-order valence-corrected chi connectivity index (χ3v) is 7.46. The summed E-state index contributed by atoms with van der Waals surface area (Å²) >= 11 is 1.59. The molecule has 4 aromatic heterocycles. The molecule has 0 aliphatic carbocycles. The van der Waals surface area contributed by atoms with Crippen LogP contribution in [0, 0.1) is 13.8 Å². The van der Waals surface area contributed by atoms with Crippen LogP contribution in [0.4, 0.5) is 23.3 Å². The molecular formula is C25H32N8OS. The third-order valence-electron chi connectivity index (χ3n) is 6.47. The number of anilines is 4. The molecule has 0 atom stereocenters. The van der Waals surface area contributed by atoms with Crippen LogP contribution in [0.2, 0.25) is 0 Å². The molecule has 0 amide bonds. The van der Waals surface area contributed by atoms with Gasteiger partial charge < -0.3 is 20.6 Å². The van der Waals surface area contributed by atoms with Gasteiger partial charge in [0.2, 0.25) is 5.95 Å². The first-order valence-corrected chi connectivity index (χ1v) is 12.8. The second kappa shape index (κ2) is 9.18. The van der Waals surface area contributed by atoms with Gasteiger partial charge in [-0.05, 0) is 83.8 Å². The highest BCUT2D eigenvalue weighted by Crippen LogP contribution is 2.33. The summed E-state index contributed by atoms with van der Waals surface area (Å²) in [5, 5.41) is 24.9. The van der Waals surface area contributed by atoms with Crippen molar-refractivity contribution in [3.8, 4) is 0 Å². The molecule has 5 heterocycles. The minimum absolute atomic E-state index is 0.412. The van der Waals surface area contributed by atoms with Crippen molar-refractivity contribution in [1.29, 1.82) is 0 Å². The predicted molar refractivity (Wildman–Crippen MR) is 141 cm³/mol. The summed E-state index contributed by atoms with van der Waals surface area (Å²) in [6.07, 6.45) is 4.26. The zero-order valence-electron chi connectivity index (χ0n) is 20.8. The molecule has 4 aromatic rings. The standard InChI is InChI=1S/C25H32N8OS/c1-15-14-35-23-21(15)22(28-20-8-6-7-19(27-20)25(3,4)34)29-24(30-23)26-18-13-33(31-16(18)2)17-9-11-32(5)12-10-17/h6-8,13-14,17,34H,9-12H2,1-5H3,(H2,26,27,28,29,30). The summed E-state index contributed by atoms with van der Waals surface area (Å²) in [7, 11) is 2.17. The van der Waals surface area contributed by atoms with Gasteiger partial charge in [0, 0.05) is 6.20 Å². The lowest BCUT2D eigenvalue weighted by Gasteiger charge is -2.28. The Morgan fingerprint density at radius 3 is 2.60 bits per heavy atom. The molecule has 3 N–H and O–H groups in total. The highest BCUT2D eigenvalue weighted by atomic mass is 32.1. The van der Waals surface area contributed by atoms with Crippen molar-refractivity contribution in [2.75, 3.05) is 30.8 Å². The SMILES string of the molecule is Cc1nn(C2CCN(C)CC2)cc1Nc1nc(Nc2cccc(C(C)(C)O)n2)c2c(C)csc2n1. The average Bonchev–Trinajstić information content (AvgIpc) is 3.36. The number of aryl methyl sites for hydroxylation is 2. The Kier molecular flexibility index (Phi) is 6.20. The second-order valence-corrected chi connectivity index (χ2v) is 10.7. The molecule has 0 aromatic carbocycles. The van der Waals surface area contributed by atoms with Gasteiger partial charge in [0.05, 0.1) is 28.5 Å². The van der Waals surface area contributed by atoms with Gasteiger partial charge >= 0.3 is 0 Å². The summed E-state index contributed by atoms with van der Waals surface area (Å²) in [5.41, 5.74) is 2.48. The number of aromatic nitrogens is 5. The van der Waals surface area contributed by atoms with Crippen molar-refractivity contribution in [1.82, 2.24) is 29.6 Å². The van der Waals surface area contributed by atoms with Crippen LogP contribution in [-0.2, 0) is 5.60 Å². The van der Waals surface area contributed by atoms with Crippen LogP contribution in [0.25, 0.3) is 10.2 Å². The lowest BCUT2D eigenvalue weighted by atomic mass is 10.1. The van der Waals surface area contributed by atoms with Crippen LogP contribution in [0.3, 0.4) is 0 Å². The van der Waals surface area contributed by atoms with E-state index in [1.54, 1.807) is 25.2 Å². The Morgan fingerprint density at radius 1 is 1.09 bits per heavy atom. The molecule has 0 unspecified atom stereocenters. The first-order chi connectivity index (χ1) is 16.7. The Balaban J connectivity index is 1.45. The number of nitrogens with one attached hydrogen (secondary N) is 2. The van der Waals surface area contributed by atoms with Gasteiger partial charge in [-0.1, -0.05) is 6.07 Å². The summed E-state index contributed by atoms with van der Waals surface area (Å²) in [6.45, 7) is 9.68. The van der Waals surface area contributed by atoms with Crippen LogP contribution in [0.5, 0.6) is 0 Å². The molecule has 9 nitrogen and oxygen atoms in total. The molecule has 1 fully saturated rings. The molecule has 0 bridgehead atoms. The first kappa shape index (κ1) is 23.7. The van der Waals surface area contributed by atoms with Crippen molar-refractivity contribution in [3.63, 3.8) is 0 Å². The summed E-state index contributed by atoms with van der Waals surface area (Å²) in [6, 6.07) is 5.97. The molecule has 184 valence electrons. The van der Waals surface area contributed by atoms with E-state index in [-0.39, 0.29) is 0 Å². The van der Waals surface area contributed by atoms with Crippen LogP contribution in [0.1, 0.15) is 49.7 Å². The number of aliphatic hydroxyl groups is 1. The van der Waals surface area contributed by atoms with Gasteiger partial charge in [0.1, 0.15) is 22.1 Å². The van der Waals surface area contributed by atoms with E-state index >= 15 is 0 Å². The number of rotatable bonds is 6. The fraction of sp³-hybridized carbons (Fsp3) is 0.440. The number of piperidine rings is 1. The van der Waals surface area contributed by atoms with Gasteiger partial charge in [-0.3, -0.25) is 4.68 Å². The van der Waals surface area contributed by atoms with Crippen molar-refractivity contribution in [2.45, 2.75) is 52.2 Å². The normalized spacial score (nSPS) is 15.6. The van der Waals surface area contributed by atoms with E-state index in [2.05, 4.69) is 50.7 Å². The molecule has 1 aliphatic heterocycles. The molecule has 0 saturated carbocycles. The highest BCUT2D eigenvalue weighted by Gasteiger charge is 2.21. The lowest BCUT2D eigenvalue weighted by Crippen LogP contribution is -2.31. The molecule has 1 saturated heterocycles. The first-order valence-electron chi connectivity index (χ1n) is 11.9. The number of thiophene rings is 1. The Morgan fingerprint density at radius 2 is 1.86 bits per heavy atom. The van der Waals surface area contributed by atoms with Crippen LogP contribution in [0.15, 0.2) is 29.8 Å². The fourth-order valence-electron chi connectivity index (χ4n) is 4.37. The minimum Gasteiger partial charge on any atom is -0.384 e. The summed E-state index contributed by atoms with van der Waals surface area (Å²) in [4.78, 5) is 17.4. The van der Waals surface area contributed by atoms with Crippen LogP contribution in [-0.4, -0.2) is 54.9 Å². The Hall–Kier alpha value is -3.08. The van der Waals surface area contributed by atoms with Gasteiger partial charge in [0.25, 0.3) is 0 Å². The maximum atomic E-state index is 10.4. The lowest BCUT2D eigenvalue weighted by molar-refractivity contribution is 0.0740. The van der Waals surface area contributed by atoms with E-state index in [0.717, 1.165) is 53.1 Å². The van der Waals surface area contributed by atoms with Gasteiger partial charge in [-0.15, -0.1) is 11.3 Å². The van der Waals surface area contributed by atoms with E-state index in [9.17, 15) is 5.11 Å². The molecule has 10 heteroatoms. The zero-order chi connectivity index (χ0) is 24.7. The van der Waals surface area contributed by atoms with Crippen molar-refractivity contribution in [3.05, 3.63) is 46.7 Å². The van der Waals surface area contributed by atoms with E-state index in [4.69, 9.17) is 15.1 Å². The molecule has 1 aliphatic rings. The monoisotopic (exact) mass is 492 g/mol. The quantitative estimate of drug-likeness (QED) is 0.350. The number of fused-ring (bicyclic) bond motifs is 1. The minimum atomic E-state index is -1.03. The number of hydrogen-bond acceptors (Lipinski definition) is 9. The van der Waals surface area contributed by atoms with Crippen molar-refractivity contribution >= 4 is 44.8 Å². The van der Waals surface area contributed by atoms with Crippen molar-refractivity contribution in [2.24, 2.45) is 0 Å². The Bertz CT molecular complexity index is 1350. The average molecular weight is 493 g/mol. The molecular weight excluding hydrogens is 460 g/mol. The van der Waals surface area contributed by atoms with E-state index in [1.165, 1.54) is 0 Å². The molecule has 0 spiro atoms. The predicted octanol–water partition coefficient (Wildman–Crippen LogP) is 4.88. The largest absolute Gasteiger partial charge is 0.384 e. The van der Waals surface area contributed by atoms with Gasteiger partial charge in [-0.25, -0.2) is 9.97 Å². The smallest absolute Gasteiger partial charge is 0.230 e. The summed E-state index contributed by atoms with van der Waals surface area (Å²) < 4.78 is 2.09. The topological polar surface area (TPSA) is 104 Å². The van der Waals surface area contributed by atoms with Crippen LogP contribution >= 0.6 is 11.3 Å². The number of nitrogens with zero attached hydrogens (tertiary/aromatic N) is 6. The maximum Gasteiger partial charge on any atom is 0.230 e. The van der Waals surface area contributed by atoms with E-state index in [1.807, 2.05) is 25.1 Å². The zero-order valence-corrected chi connectivity index (χ0v) is 21.6. The van der Waals surface area contributed by atoms with Crippen molar-refractivity contribution < 1.29 is 5.11 Å². The van der Waals surface area contributed by atoms with E-state index in [0.29, 0.717) is 29.3 Å². The third kappa shape index (κ3) is 5.00. The maximum absolute atomic E-state index is 10.4. The molecule has 35 heavy (non-hydrogen) atoms. The van der Waals surface area contributed by atoms with Gasteiger partial charge in [0.15, 0.2) is 0 Å². The van der Waals surface area contributed by atoms with Gasteiger partial charge in [-0.2, -0.15) is 10.1 Å². The van der Waals surface area contributed by atoms with E-state index < -0.39 is 5.60 Å².